The van der Waals surface area contributed by atoms with E-state index in [0.717, 1.165) is 15.8 Å². The van der Waals surface area contributed by atoms with Crippen molar-refractivity contribution in [1.29, 1.82) is 0 Å². The van der Waals surface area contributed by atoms with Crippen molar-refractivity contribution in [2.45, 2.75) is 52.1 Å². The second-order valence-corrected chi connectivity index (χ2v) is 9.37. The number of aryl methyl sites for hydroxylation is 1. The van der Waals surface area contributed by atoms with E-state index in [0.29, 0.717) is 12.3 Å². The summed E-state index contributed by atoms with van der Waals surface area (Å²) in [5.41, 5.74) is 3.41. The Bertz CT molecular complexity index is 807. The van der Waals surface area contributed by atoms with E-state index in [1.807, 2.05) is 38.1 Å². The molecule has 29 heavy (non-hydrogen) atoms. The summed E-state index contributed by atoms with van der Waals surface area (Å²) in [4.78, 5) is 27.2. The Morgan fingerprint density at radius 1 is 1.00 bits per heavy atom. The van der Waals surface area contributed by atoms with Crippen LogP contribution in [0.1, 0.15) is 37.5 Å². The lowest BCUT2D eigenvalue weighted by Gasteiger charge is -2.29. The summed E-state index contributed by atoms with van der Waals surface area (Å²) >= 11 is 5.01. The van der Waals surface area contributed by atoms with Gasteiger partial charge in [-0.2, -0.15) is 0 Å². The van der Waals surface area contributed by atoms with Crippen molar-refractivity contribution >= 4 is 39.5 Å². The third-order valence-corrected chi connectivity index (χ3v) is 6.00. The Labute approximate surface area is 186 Å². The highest BCUT2D eigenvalue weighted by atomic mass is 79.9. The molecule has 0 aromatic heterocycles. The molecule has 1 unspecified atom stereocenters. The molecule has 1 N–H and O–H groups in total. The Morgan fingerprint density at radius 3 is 2.17 bits per heavy atom. The molecule has 0 spiro atoms. The maximum atomic E-state index is 13.0. The fourth-order valence-electron chi connectivity index (χ4n) is 2.80. The molecule has 156 valence electrons. The topological polar surface area (TPSA) is 49.4 Å². The summed E-state index contributed by atoms with van der Waals surface area (Å²) in [5, 5.41) is 2.91. The van der Waals surface area contributed by atoms with Gasteiger partial charge in [-0.05, 0) is 51.0 Å². The Hall–Kier alpha value is -1.79. The maximum Gasteiger partial charge on any atom is 0.242 e. The molecule has 0 radical (unpaired) electrons. The second kappa shape index (κ2) is 11.4. The van der Waals surface area contributed by atoms with Crippen LogP contribution >= 0.6 is 27.7 Å². The van der Waals surface area contributed by atoms with Gasteiger partial charge in [0.2, 0.25) is 11.8 Å². The number of halogens is 1. The molecule has 2 amide bonds. The van der Waals surface area contributed by atoms with Gasteiger partial charge in [-0.3, -0.25) is 9.59 Å². The van der Waals surface area contributed by atoms with Crippen molar-refractivity contribution in [3.63, 3.8) is 0 Å². The maximum absolute atomic E-state index is 13.0. The van der Waals surface area contributed by atoms with Crippen molar-refractivity contribution in [1.82, 2.24) is 10.2 Å². The van der Waals surface area contributed by atoms with Gasteiger partial charge in [-0.15, -0.1) is 11.8 Å². The quantitative estimate of drug-likeness (QED) is 0.557. The number of amides is 2. The van der Waals surface area contributed by atoms with Crippen LogP contribution in [0.25, 0.3) is 0 Å². The van der Waals surface area contributed by atoms with Crippen LogP contribution in [-0.4, -0.2) is 34.6 Å². The van der Waals surface area contributed by atoms with E-state index in [2.05, 4.69) is 52.4 Å². The number of nitrogens with zero attached hydrogens (tertiary/aromatic N) is 1. The van der Waals surface area contributed by atoms with Crippen molar-refractivity contribution < 1.29 is 9.59 Å². The largest absolute Gasteiger partial charge is 0.352 e. The van der Waals surface area contributed by atoms with Gasteiger partial charge >= 0.3 is 0 Å². The van der Waals surface area contributed by atoms with Crippen LogP contribution in [0.2, 0.25) is 0 Å². The molecule has 0 saturated heterocycles. The van der Waals surface area contributed by atoms with Gasteiger partial charge in [0.1, 0.15) is 6.04 Å². The third kappa shape index (κ3) is 7.86. The van der Waals surface area contributed by atoms with Crippen molar-refractivity contribution in [3.05, 3.63) is 69.7 Å². The van der Waals surface area contributed by atoms with Crippen LogP contribution in [0.15, 0.2) is 53.0 Å². The van der Waals surface area contributed by atoms with E-state index in [-0.39, 0.29) is 17.9 Å². The van der Waals surface area contributed by atoms with Crippen LogP contribution in [0.3, 0.4) is 0 Å². The van der Waals surface area contributed by atoms with Gasteiger partial charge < -0.3 is 10.2 Å². The Kier molecular flexibility index (Phi) is 9.24. The molecule has 6 heteroatoms. The fourth-order valence-corrected chi connectivity index (χ4v) is 3.93. The van der Waals surface area contributed by atoms with Gasteiger partial charge in [-0.1, -0.05) is 57.9 Å². The lowest BCUT2D eigenvalue weighted by molar-refractivity contribution is -0.138. The molecule has 2 aromatic carbocycles. The lowest BCUT2D eigenvalue weighted by atomic mass is 10.1. The molecule has 1 atom stereocenters. The first-order valence-corrected chi connectivity index (χ1v) is 11.7. The van der Waals surface area contributed by atoms with E-state index in [1.54, 1.807) is 23.6 Å². The second-order valence-electron chi connectivity index (χ2n) is 7.47. The molecular weight excluding hydrogens is 448 g/mol. The van der Waals surface area contributed by atoms with Crippen LogP contribution in [0.5, 0.6) is 0 Å². The zero-order valence-corrected chi connectivity index (χ0v) is 19.8. The summed E-state index contributed by atoms with van der Waals surface area (Å²) in [6, 6.07) is 15.7. The first-order chi connectivity index (χ1) is 13.8. The Morgan fingerprint density at radius 2 is 1.59 bits per heavy atom. The minimum Gasteiger partial charge on any atom is -0.352 e. The highest BCUT2D eigenvalue weighted by Gasteiger charge is 2.26. The highest BCUT2D eigenvalue weighted by Crippen LogP contribution is 2.18. The summed E-state index contributed by atoms with van der Waals surface area (Å²) in [6.07, 6.45) is 0. The molecule has 0 bridgehead atoms. The van der Waals surface area contributed by atoms with Crippen molar-refractivity contribution in [2.75, 3.05) is 5.75 Å². The summed E-state index contributed by atoms with van der Waals surface area (Å²) < 4.78 is 0.985. The predicted molar refractivity (Wildman–Crippen MR) is 125 cm³/mol. The molecule has 0 saturated carbocycles. The van der Waals surface area contributed by atoms with E-state index in [4.69, 9.17) is 0 Å². The van der Waals surface area contributed by atoms with Crippen LogP contribution in [0.4, 0.5) is 0 Å². The first-order valence-electron chi connectivity index (χ1n) is 9.74. The molecule has 0 aliphatic rings. The lowest BCUT2D eigenvalue weighted by Crippen LogP contribution is -2.49. The summed E-state index contributed by atoms with van der Waals surface area (Å²) in [6.45, 7) is 8.10. The molecule has 2 rings (SSSR count). The average Bonchev–Trinajstić information content (AvgIpc) is 2.68. The summed E-state index contributed by atoms with van der Waals surface area (Å²) in [7, 11) is 0. The zero-order chi connectivity index (χ0) is 21.4. The number of hydrogen-bond donors (Lipinski definition) is 1. The fraction of sp³-hybridized carbons (Fsp3) is 0.391. The number of rotatable bonds is 9. The molecule has 0 fully saturated rings. The molecule has 2 aromatic rings. The summed E-state index contributed by atoms with van der Waals surface area (Å²) in [5.74, 6) is 0.944. The van der Waals surface area contributed by atoms with Gasteiger partial charge in [-0.25, -0.2) is 0 Å². The van der Waals surface area contributed by atoms with E-state index in [1.165, 1.54) is 11.1 Å². The first kappa shape index (κ1) is 23.5. The Balaban J connectivity index is 2.05. The number of carbonyl (C=O) groups is 2. The molecule has 0 aliphatic heterocycles. The minimum atomic E-state index is -0.534. The van der Waals surface area contributed by atoms with Gasteiger partial charge in [0.25, 0.3) is 0 Å². The SMILES string of the molecule is Cc1ccc(CSCC(=O)N(Cc2ccc(Br)cc2)C(C)C(=O)NC(C)C)cc1. The number of thioether (sulfide) groups is 1. The van der Waals surface area contributed by atoms with Gasteiger partial charge in [0, 0.05) is 22.8 Å². The minimum absolute atomic E-state index is 0.0311. The van der Waals surface area contributed by atoms with Gasteiger partial charge in [0.05, 0.1) is 5.75 Å². The highest BCUT2D eigenvalue weighted by molar-refractivity contribution is 9.10. The zero-order valence-electron chi connectivity index (χ0n) is 17.4. The molecule has 0 heterocycles. The van der Waals surface area contributed by atoms with Gasteiger partial charge in [0.15, 0.2) is 0 Å². The monoisotopic (exact) mass is 476 g/mol. The number of nitrogens with one attached hydrogen (secondary N) is 1. The van der Waals surface area contributed by atoms with Crippen molar-refractivity contribution in [2.24, 2.45) is 0 Å². The van der Waals surface area contributed by atoms with Crippen LogP contribution in [-0.2, 0) is 21.9 Å². The van der Waals surface area contributed by atoms with E-state index in [9.17, 15) is 9.59 Å². The standard InChI is InChI=1S/C23H29BrN2O2S/c1-16(2)25-23(28)18(4)26(13-19-9-11-21(24)12-10-19)22(27)15-29-14-20-7-5-17(3)6-8-20/h5-12,16,18H,13-15H2,1-4H3,(H,25,28). The number of benzene rings is 2. The molecule has 4 nitrogen and oxygen atoms in total. The number of carbonyl (C=O) groups excluding carboxylic acids is 2. The smallest absolute Gasteiger partial charge is 0.242 e. The number of hydrogen-bond acceptors (Lipinski definition) is 3. The average molecular weight is 477 g/mol. The normalized spacial score (nSPS) is 11.9. The van der Waals surface area contributed by atoms with Crippen molar-refractivity contribution in [3.8, 4) is 0 Å². The predicted octanol–water partition coefficient (Wildman–Crippen LogP) is 4.93. The molecular formula is C23H29BrN2O2S. The van der Waals surface area contributed by atoms with E-state index < -0.39 is 6.04 Å². The van der Waals surface area contributed by atoms with Crippen LogP contribution in [0, 0.1) is 6.92 Å². The third-order valence-electron chi connectivity index (χ3n) is 4.48. The van der Waals surface area contributed by atoms with Crippen LogP contribution < -0.4 is 5.32 Å². The molecule has 0 aliphatic carbocycles. The van der Waals surface area contributed by atoms with E-state index >= 15 is 0 Å².